The van der Waals surface area contributed by atoms with Crippen LogP contribution in [0.15, 0.2) is 43.0 Å². The average Bonchev–Trinajstić information content (AvgIpc) is 3.00. The topological polar surface area (TPSA) is 92.3 Å². The SMILES string of the molecule is CN(c1cncc(C(=O)NCc2ccncc2)c1)C1CCS(=O)(=O)C1. The molecule has 0 aromatic carbocycles. The Hall–Kier alpha value is -2.48. The van der Waals surface area contributed by atoms with Crippen molar-refractivity contribution in [2.24, 2.45) is 0 Å². The fourth-order valence-electron chi connectivity index (χ4n) is 2.82. The van der Waals surface area contributed by atoms with Gasteiger partial charge >= 0.3 is 0 Å². The minimum absolute atomic E-state index is 0.0815. The van der Waals surface area contributed by atoms with Crippen LogP contribution >= 0.6 is 0 Å². The van der Waals surface area contributed by atoms with Crippen LogP contribution in [0, 0.1) is 0 Å². The molecule has 0 spiro atoms. The smallest absolute Gasteiger partial charge is 0.253 e. The number of carbonyl (C=O) groups excluding carboxylic acids is 1. The molecule has 1 amide bonds. The van der Waals surface area contributed by atoms with Crippen molar-refractivity contribution in [3.8, 4) is 0 Å². The third kappa shape index (κ3) is 4.33. The van der Waals surface area contributed by atoms with Crippen LogP contribution in [0.4, 0.5) is 5.69 Å². The maximum absolute atomic E-state index is 12.3. The molecule has 7 nitrogen and oxygen atoms in total. The van der Waals surface area contributed by atoms with E-state index < -0.39 is 9.84 Å². The summed E-state index contributed by atoms with van der Waals surface area (Å²) in [5.74, 6) is 0.127. The molecule has 3 heterocycles. The maximum Gasteiger partial charge on any atom is 0.253 e. The van der Waals surface area contributed by atoms with Gasteiger partial charge in [0.05, 0.1) is 29.0 Å². The van der Waals surface area contributed by atoms with Gasteiger partial charge in [0.25, 0.3) is 5.91 Å². The van der Waals surface area contributed by atoms with E-state index in [1.165, 1.54) is 6.20 Å². The number of pyridine rings is 2. The van der Waals surface area contributed by atoms with Gasteiger partial charge < -0.3 is 10.2 Å². The Morgan fingerprint density at radius 2 is 2.04 bits per heavy atom. The van der Waals surface area contributed by atoms with Gasteiger partial charge in [-0.05, 0) is 30.2 Å². The molecular formula is C17H20N4O3S. The van der Waals surface area contributed by atoms with Gasteiger partial charge in [-0.1, -0.05) is 0 Å². The van der Waals surface area contributed by atoms with Crippen molar-refractivity contribution in [1.29, 1.82) is 0 Å². The van der Waals surface area contributed by atoms with Gasteiger partial charge in [-0.25, -0.2) is 8.42 Å². The number of hydrogen-bond acceptors (Lipinski definition) is 6. The number of nitrogens with zero attached hydrogens (tertiary/aromatic N) is 3. The second-order valence-corrected chi connectivity index (χ2v) is 8.37. The molecule has 25 heavy (non-hydrogen) atoms. The Morgan fingerprint density at radius 1 is 1.28 bits per heavy atom. The zero-order chi connectivity index (χ0) is 17.9. The lowest BCUT2D eigenvalue weighted by Gasteiger charge is -2.25. The van der Waals surface area contributed by atoms with Crippen molar-refractivity contribution in [3.05, 3.63) is 54.1 Å². The molecule has 1 fully saturated rings. The third-order valence-electron chi connectivity index (χ3n) is 4.35. The number of aromatic nitrogens is 2. The summed E-state index contributed by atoms with van der Waals surface area (Å²) in [5, 5.41) is 2.84. The third-order valence-corrected chi connectivity index (χ3v) is 6.10. The number of hydrogen-bond donors (Lipinski definition) is 1. The molecule has 1 N–H and O–H groups in total. The number of anilines is 1. The molecule has 1 saturated heterocycles. The van der Waals surface area contributed by atoms with Crippen molar-refractivity contribution in [2.75, 3.05) is 23.5 Å². The van der Waals surface area contributed by atoms with Gasteiger partial charge in [-0.3, -0.25) is 14.8 Å². The first-order valence-corrected chi connectivity index (χ1v) is 9.82. The summed E-state index contributed by atoms with van der Waals surface area (Å²) in [4.78, 5) is 22.3. The second-order valence-electron chi connectivity index (χ2n) is 6.14. The molecule has 3 rings (SSSR count). The number of sulfone groups is 1. The largest absolute Gasteiger partial charge is 0.369 e. The summed E-state index contributed by atoms with van der Waals surface area (Å²) in [6, 6.07) is 5.33. The van der Waals surface area contributed by atoms with E-state index in [2.05, 4.69) is 15.3 Å². The predicted molar refractivity (Wildman–Crippen MR) is 95.1 cm³/mol. The van der Waals surface area contributed by atoms with Crippen LogP contribution in [0.5, 0.6) is 0 Å². The molecule has 0 bridgehead atoms. The molecular weight excluding hydrogens is 340 g/mol. The number of nitrogens with one attached hydrogen (secondary N) is 1. The fourth-order valence-corrected chi connectivity index (χ4v) is 4.60. The fraction of sp³-hybridized carbons (Fsp3) is 0.353. The summed E-state index contributed by atoms with van der Waals surface area (Å²) in [5.41, 5.74) is 2.14. The van der Waals surface area contributed by atoms with Gasteiger partial charge in [0.2, 0.25) is 0 Å². The zero-order valence-corrected chi connectivity index (χ0v) is 14.7. The highest BCUT2D eigenvalue weighted by atomic mass is 32.2. The van der Waals surface area contributed by atoms with Gasteiger partial charge in [-0.15, -0.1) is 0 Å². The molecule has 0 radical (unpaired) electrons. The molecule has 132 valence electrons. The van der Waals surface area contributed by atoms with Crippen LogP contribution in [-0.2, 0) is 16.4 Å². The van der Waals surface area contributed by atoms with Crippen molar-refractivity contribution in [3.63, 3.8) is 0 Å². The Kier molecular flexibility index (Phi) is 4.98. The molecule has 8 heteroatoms. The van der Waals surface area contributed by atoms with E-state index in [1.807, 2.05) is 24.1 Å². The van der Waals surface area contributed by atoms with E-state index in [4.69, 9.17) is 0 Å². The highest BCUT2D eigenvalue weighted by Crippen LogP contribution is 2.23. The van der Waals surface area contributed by atoms with Gasteiger partial charge in [0, 0.05) is 38.2 Å². The maximum atomic E-state index is 12.3. The molecule has 2 aromatic rings. The van der Waals surface area contributed by atoms with Crippen molar-refractivity contribution >= 4 is 21.4 Å². The van der Waals surface area contributed by atoms with Crippen molar-refractivity contribution < 1.29 is 13.2 Å². The monoisotopic (exact) mass is 360 g/mol. The van der Waals surface area contributed by atoms with Crippen LogP contribution < -0.4 is 10.2 Å². The minimum atomic E-state index is -2.96. The summed E-state index contributed by atoms with van der Waals surface area (Å²) in [6.07, 6.45) is 7.09. The first-order valence-electron chi connectivity index (χ1n) is 8.00. The van der Waals surface area contributed by atoms with Crippen LogP contribution in [0.3, 0.4) is 0 Å². The standard InChI is InChI=1S/C17H20N4O3S/c1-21(15-4-7-25(23,24)12-15)16-8-14(10-19-11-16)17(22)20-9-13-2-5-18-6-3-13/h2-3,5-6,8,10-11,15H,4,7,9,12H2,1H3,(H,20,22). The van der Waals surface area contributed by atoms with Gasteiger partial charge in [0.1, 0.15) is 0 Å². The zero-order valence-electron chi connectivity index (χ0n) is 13.9. The summed E-state index contributed by atoms with van der Waals surface area (Å²) >= 11 is 0. The Morgan fingerprint density at radius 3 is 2.72 bits per heavy atom. The van der Waals surface area contributed by atoms with E-state index in [1.54, 1.807) is 24.7 Å². The number of amides is 1. The van der Waals surface area contributed by atoms with Gasteiger partial charge in [-0.2, -0.15) is 0 Å². The molecule has 1 aliphatic rings. The molecule has 1 atom stereocenters. The van der Waals surface area contributed by atoms with Crippen LogP contribution in [0.25, 0.3) is 0 Å². The number of carbonyl (C=O) groups is 1. The summed E-state index contributed by atoms with van der Waals surface area (Å²) < 4.78 is 23.3. The first kappa shape index (κ1) is 17.3. The van der Waals surface area contributed by atoms with Crippen LogP contribution in [0.1, 0.15) is 22.3 Å². The second kappa shape index (κ2) is 7.18. The molecule has 2 aromatic heterocycles. The molecule has 0 saturated carbocycles. The average molecular weight is 360 g/mol. The van der Waals surface area contributed by atoms with Crippen LogP contribution in [0.2, 0.25) is 0 Å². The van der Waals surface area contributed by atoms with E-state index >= 15 is 0 Å². The Balaban J connectivity index is 1.67. The van der Waals surface area contributed by atoms with E-state index in [0.717, 1.165) is 11.3 Å². The first-order chi connectivity index (χ1) is 11.9. The van der Waals surface area contributed by atoms with Crippen LogP contribution in [-0.4, -0.2) is 48.9 Å². The summed E-state index contributed by atoms with van der Waals surface area (Å²) in [6.45, 7) is 0.405. The lowest BCUT2D eigenvalue weighted by molar-refractivity contribution is 0.0950. The Bertz CT molecular complexity index is 855. The van der Waals surface area contributed by atoms with Crippen molar-refractivity contribution in [1.82, 2.24) is 15.3 Å². The Labute approximate surface area is 147 Å². The lowest BCUT2D eigenvalue weighted by atomic mass is 10.2. The van der Waals surface area contributed by atoms with E-state index in [9.17, 15) is 13.2 Å². The highest BCUT2D eigenvalue weighted by molar-refractivity contribution is 7.91. The summed E-state index contributed by atoms with van der Waals surface area (Å²) in [7, 11) is -1.13. The predicted octanol–water partition coefficient (Wildman–Crippen LogP) is 1.03. The molecule has 1 aliphatic heterocycles. The van der Waals surface area contributed by atoms with E-state index in [0.29, 0.717) is 18.5 Å². The molecule has 0 aliphatic carbocycles. The molecule has 1 unspecified atom stereocenters. The highest BCUT2D eigenvalue weighted by Gasteiger charge is 2.31. The normalized spacial score (nSPS) is 18.7. The van der Waals surface area contributed by atoms with Crippen molar-refractivity contribution in [2.45, 2.75) is 19.0 Å². The van der Waals surface area contributed by atoms with Gasteiger partial charge in [0.15, 0.2) is 9.84 Å². The quantitative estimate of drug-likeness (QED) is 0.856. The number of rotatable bonds is 5. The minimum Gasteiger partial charge on any atom is -0.369 e. The van der Waals surface area contributed by atoms with E-state index in [-0.39, 0.29) is 23.5 Å². The lowest BCUT2D eigenvalue weighted by Crippen LogP contribution is -2.33.